The van der Waals surface area contributed by atoms with Gasteiger partial charge in [0.1, 0.15) is 6.10 Å². The maximum atomic E-state index is 6.07. The van der Waals surface area contributed by atoms with Gasteiger partial charge >= 0.3 is 0 Å². The lowest BCUT2D eigenvalue weighted by molar-refractivity contribution is -0.233. The zero-order chi connectivity index (χ0) is 11.3. The minimum absolute atomic E-state index is 0.0498. The normalized spacial score (nSPS) is 41.8. The Hall–Kier alpha value is -0.120. The fraction of sp³-hybridized carbons (Fsp3) is 1.00. The van der Waals surface area contributed by atoms with Crippen LogP contribution in [0.25, 0.3) is 0 Å². The molecule has 0 aromatic carbocycles. The third-order valence-electron chi connectivity index (χ3n) is 3.96. The highest BCUT2D eigenvalue weighted by molar-refractivity contribution is 4.99. The van der Waals surface area contributed by atoms with E-state index >= 15 is 0 Å². The molecule has 15 heavy (non-hydrogen) atoms. The van der Waals surface area contributed by atoms with Crippen molar-refractivity contribution in [3.05, 3.63) is 0 Å². The number of fused-ring (bicyclic) bond motifs is 1. The first kappa shape index (κ1) is 11.4. The first-order valence-corrected chi connectivity index (χ1v) is 5.97. The van der Waals surface area contributed by atoms with E-state index in [2.05, 4.69) is 20.8 Å². The maximum absolute atomic E-state index is 6.07. The monoisotopic (exact) mass is 214 g/mol. The lowest BCUT2D eigenvalue weighted by atomic mass is 9.83. The summed E-state index contributed by atoms with van der Waals surface area (Å²) in [5.41, 5.74) is -0.0498. The van der Waals surface area contributed by atoms with Crippen LogP contribution in [0.5, 0.6) is 0 Å². The number of ether oxygens (including phenoxy) is 3. The molecule has 0 N–H and O–H groups in total. The fourth-order valence-electron chi connectivity index (χ4n) is 2.89. The molecule has 2 rings (SSSR count). The minimum atomic E-state index is -0.489. The van der Waals surface area contributed by atoms with Crippen LogP contribution in [-0.4, -0.2) is 23.8 Å². The van der Waals surface area contributed by atoms with E-state index in [0.717, 1.165) is 12.8 Å². The molecule has 0 aliphatic carbocycles. The van der Waals surface area contributed by atoms with Crippen molar-refractivity contribution in [2.24, 2.45) is 5.92 Å². The second kappa shape index (κ2) is 3.44. The van der Waals surface area contributed by atoms with Gasteiger partial charge in [-0.25, -0.2) is 0 Å². The van der Waals surface area contributed by atoms with Crippen molar-refractivity contribution in [1.82, 2.24) is 0 Å². The molecule has 3 heteroatoms. The third-order valence-corrected chi connectivity index (χ3v) is 3.96. The molecule has 0 spiro atoms. The Morgan fingerprint density at radius 2 is 1.60 bits per heavy atom. The second-order valence-electron chi connectivity index (χ2n) is 5.15. The molecule has 2 saturated heterocycles. The first-order chi connectivity index (χ1) is 6.94. The molecule has 2 fully saturated rings. The van der Waals surface area contributed by atoms with Gasteiger partial charge in [0.25, 0.3) is 0 Å². The van der Waals surface area contributed by atoms with Gasteiger partial charge in [-0.3, -0.25) is 0 Å². The van der Waals surface area contributed by atoms with Gasteiger partial charge in [0.2, 0.25) is 0 Å². The van der Waals surface area contributed by atoms with Crippen molar-refractivity contribution < 1.29 is 14.2 Å². The molecule has 88 valence electrons. The average molecular weight is 214 g/mol. The number of hydrogen-bond acceptors (Lipinski definition) is 3. The van der Waals surface area contributed by atoms with Crippen LogP contribution in [0.15, 0.2) is 0 Å². The highest BCUT2D eigenvalue weighted by Gasteiger charge is 2.58. The summed E-state index contributed by atoms with van der Waals surface area (Å²) in [6.07, 6.45) is 1.96. The van der Waals surface area contributed by atoms with E-state index in [4.69, 9.17) is 14.2 Å². The largest absolute Gasteiger partial charge is 0.343 e. The zero-order valence-electron chi connectivity index (χ0n) is 10.4. The van der Waals surface area contributed by atoms with Gasteiger partial charge in [0.15, 0.2) is 12.1 Å². The molecule has 1 unspecified atom stereocenters. The van der Waals surface area contributed by atoms with Crippen LogP contribution in [-0.2, 0) is 14.2 Å². The SMILES string of the molecule is CCC1(CC)O[C@@H]2OC(C)(C)O[C@H]2C1C. The van der Waals surface area contributed by atoms with Crippen molar-refractivity contribution in [3.63, 3.8) is 0 Å². The van der Waals surface area contributed by atoms with Crippen molar-refractivity contribution in [1.29, 1.82) is 0 Å². The molecule has 0 aromatic rings. The van der Waals surface area contributed by atoms with E-state index in [1.54, 1.807) is 0 Å². The summed E-state index contributed by atoms with van der Waals surface area (Å²) in [7, 11) is 0. The molecule has 0 radical (unpaired) electrons. The third kappa shape index (κ3) is 1.61. The van der Waals surface area contributed by atoms with Crippen LogP contribution < -0.4 is 0 Å². The summed E-state index contributed by atoms with van der Waals surface area (Å²) < 4.78 is 17.7. The minimum Gasteiger partial charge on any atom is -0.343 e. The van der Waals surface area contributed by atoms with Gasteiger partial charge in [-0.1, -0.05) is 20.8 Å². The summed E-state index contributed by atoms with van der Waals surface area (Å²) >= 11 is 0. The van der Waals surface area contributed by atoms with E-state index in [-0.39, 0.29) is 18.0 Å². The van der Waals surface area contributed by atoms with Gasteiger partial charge in [0.05, 0.1) is 5.60 Å². The predicted octanol–water partition coefficient (Wildman–Crippen LogP) is 2.69. The van der Waals surface area contributed by atoms with Crippen LogP contribution in [0, 0.1) is 5.92 Å². The predicted molar refractivity (Wildman–Crippen MR) is 57.4 cm³/mol. The summed E-state index contributed by atoms with van der Waals surface area (Å²) in [6, 6.07) is 0. The van der Waals surface area contributed by atoms with Crippen molar-refractivity contribution in [2.45, 2.75) is 71.2 Å². The van der Waals surface area contributed by atoms with Crippen LogP contribution in [0.2, 0.25) is 0 Å². The van der Waals surface area contributed by atoms with E-state index < -0.39 is 5.79 Å². The molecule has 0 amide bonds. The van der Waals surface area contributed by atoms with E-state index in [9.17, 15) is 0 Å². The highest BCUT2D eigenvalue weighted by atomic mass is 16.8. The number of rotatable bonds is 2. The fourth-order valence-corrected chi connectivity index (χ4v) is 2.89. The molecule has 0 saturated carbocycles. The Kier molecular flexibility index (Phi) is 2.61. The quantitative estimate of drug-likeness (QED) is 0.707. The summed E-state index contributed by atoms with van der Waals surface area (Å²) in [5, 5.41) is 0. The average Bonchev–Trinajstić information content (AvgIpc) is 2.59. The lowest BCUT2D eigenvalue weighted by Gasteiger charge is -2.33. The van der Waals surface area contributed by atoms with Gasteiger partial charge < -0.3 is 14.2 Å². The summed E-state index contributed by atoms with van der Waals surface area (Å²) in [6.45, 7) is 10.4. The Morgan fingerprint density at radius 3 is 2.07 bits per heavy atom. The standard InChI is InChI=1S/C12H22O3/c1-6-12(7-2)8(3)9-10(15-12)14-11(4,5)13-9/h8-10H,6-7H2,1-5H3/t8?,9-,10-/m0/s1. The topological polar surface area (TPSA) is 27.7 Å². The van der Waals surface area contributed by atoms with Crippen LogP contribution >= 0.6 is 0 Å². The van der Waals surface area contributed by atoms with E-state index in [1.165, 1.54) is 0 Å². The Bertz CT molecular complexity index is 245. The van der Waals surface area contributed by atoms with E-state index in [1.807, 2.05) is 13.8 Å². The molecule has 2 aliphatic heterocycles. The Morgan fingerprint density at radius 1 is 1.00 bits per heavy atom. The van der Waals surface area contributed by atoms with Crippen LogP contribution in [0.3, 0.4) is 0 Å². The highest BCUT2D eigenvalue weighted by Crippen LogP contribution is 2.48. The first-order valence-electron chi connectivity index (χ1n) is 5.97. The molecular formula is C12H22O3. The molecule has 2 heterocycles. The molecule has 2 aliphatic rings. The zero-order valence-corrected chi connectivity index (χ0v) is 10.4. The smallest absolute Gasteiger partial charge is 0.188 e. The summed E-state index contributed by atoms with van der Waals surface area (Å²) in [4.78, 5) is 0. The Balaban J connectivity index is 2.17. The molecule has 0 aromatic heterocycles. The second-order valence-corrected chi connectivity index (χ2v) is 5.15. The molecule has 0 bridgehead atoms. The van der Waals surface area contributed by atoms with Gasteiger partial charge in [-0.2, -0.15) is 0 Å². The molecule has 3 atom stereocenters. The van der Waals surface area contributed by atoms with Crippen LogP contribution in [0.4, 0.5) is 0 Å². The molecule has 3 nitrogen and oxygen atoms in total. The van der Waals surface area contributed by atoms with Crippen molar-refractivity contribution >= 4 is 0 Å². The maximum Gasteiger partial charge on any atom is 0.188 e. The Labute approximate surface area is 92.1 Å². The van der Waals surface area contributed by atoms with Crippen molar-refractivity contribution in [2.75, 3.05) is 0 Å². The summed E-state index contributed by atoms with van der Waals surface area (Å²) in [5.74, 6) is -0.0867. The van der Waals surface area contributed by atoms with E-state index in [0.29, 0.717) is 5.92 Å². The number of hydrogen-bond donors (Lipinski definition) is 0. The lowest BCUT2D eigenvalue weighted by Crippen LogP contribution is -2.38. The van der Waals surface area contributed by atoms with Crippen molar-refractivity contribution in [3.8, 4) is 0 Å². The van der Waals surface area contributed by atoms with Gasteiger partial charge in [-0.15, -0.1) is 0 Å². The van der Waals surface area contributed by atoms with Gasteiger partial charge in [0, 0.05) is 5.92 Å². The molecular weight excluding hydrogens is 192 g/mol. The van der Waals surface area contributed by atoms with Gasteiger partial charge in [-0.05, 0) is 26.7 Å². The van der Waals surface area contributed by atoms with Crippen LogP contribution in [0.1, 0.15) is 47.5 Å².